The van der Waals surface area contributed by atoms with Crippen molar-refractivity contribution in [3.05, 3.63) is 24.0 Å². The van der Waals surface area contributed by atoms with Crippen molar-refractivity contribution in [1.82, 2.24) is 9.88 Å². The number of anilines is 1. The fourth-order valence-corrected chi connectivity index (χ4v) is 2.95. The summed E-state index contributed by atoms with van der Waals surface area (Å²) in [6.07, 6.45) is 0. The van der Waals surface area contributed by atoms with Gasteiger partial charge in [-0.1, -0.05) is 18.3 Å². The Morgan fingerprint density at radius 3 is 3.05 bits per heavy atom. The van der Waals surface area contributed by atoms with E-state index >= 15 is 0 Å². The van der Waals surface area contributed by atoms with Crippen molar-refractivity contribution in [2.45, 2.75) is 13.8 Å². The van der Waals surface area contributed by atoms with Gasteiger partial charge in [0.05, 0.1) is 28.7 Å². The maximum Gasteiger partial charge on any atom is 0.240 e. The zero-order valence-electron chi connectivity index (χ0n) is 12.5. The monoisotopic (exact) mass is 320 g/mol. The number of carbonyl (C=O) groups excluding carboxylic acids is 1. The van der Waals surface area contributed by atoms with Crippen molar-refractivity contribution >= 4 is 32.6 Å². The van der Waals surface area contributed by atoms with Crippen LogP contribution in [0.4, 0.5) is 9.52 Å². The number of halogens is 1. The third-order valence-electron chi connectivity index (χ3n) is 3.16. The third kappa shape index (κ3) is 4.23. The molecular weight excluding hydrogens is 303 g/mol. The molecule has 0 spiro atoms. The highest BCUT2D eigenvalue weighted by atomic mass is 32.1. The maximum absolute atomic E-state index is 13.1. The van der Waals surface area contributed by atoms with Gasteiger partial charge < -0.3 is 5.32 Å². The first kappa shape index (κ1) is 16.3. The molecule has 2 aromatic rings. The molecule has 0 aliphatic carbocycles. The number of carbonyl (C=O) groups is 1. The van der Waals surface area contributed by atoms with Crippen molar-refractivity contribution in [1.29, 1.82) is 5.26 Å². The highest BCUT2D eigenvalue weighted by Crippen LogP contribution is 2.26. The highest BCUT2D eigenvalue weighted by Gasteiger charge is 2.14. The normalized spacial score (nSPS) is 12.3. The van der Waals surface area contributed by atoms with Crippen molar-refractivity contribution in [3.63, 3.8) is 0 Å². The molecule has 1 atom stereocenters. The van der Waals surface area contributed by atoms with E-state index in [1.807, 2.05) is 18.7 Å². The lowest BCUT2D eigenvalue weighted by Gasteiger charge is -2.20. The summed E-state index contributed by atoms with van der Waals surface area (Å²) in [5.41, 5.74) is 0.659. The summed E-state index contributed by atoms with van der Waals surface area (Å²) in [5, 5.41) is 12.0. The molecule has 2 rings (SSSR count). The van der Waals surface area contributed by atoms with Crippen LogP contribution >= 0.6 is 11.3 Å². The Kier molecular flexibility index (Phi) is 5.41. The van der Waals surface area contributed by atoms with Crippen LogP contribution in [-0.2, 0) is 4.79 Å². The molecule has 1 heterocycles. The number of amides is 1. The van der Waals surface area contributed by atoms with E-state index < -0.39 is 0 Å². The third-order valence-corrected chi connectivity index (χ3v) is 4.10. The van der Waals surface area contributed by atoms with E-state index in [2.05, 4.69) is 16.4 Å². The Morgan fingerprint density at radius 2 is 2.36 bits per heavy atom. The second-order valence-electron chi connectivity index (χ2n) is 5.04. The zero-order valence-corrected chi connectivity index (χ0v) is 13.3. The summed E-state index contributed by atoms with van der Waals surface area (Å²) in [6, 6.07) is 6.49. The maximum atomic E-state index is 13.1. The Morgan fingerprint density at radius 1 is 1.59 bits per heavy atom. The number of benzene rings is 1. The molecule has 0 fully saturated rings. The molecule has 1 N–H and O–H groups in total. The van der Waals surface area contributed by atoms with Gasteiger partial charge in [-0.2, -0.15) is 5.26 Å². The van der Waals surface area contributed by atoms with E-state index in [4.69, 9.17) is 5.26 Å². The molecule has 1 aromatic carbocycles. The van der Waals surface area contributed by atoms with E-state index in [0.29, 0.717) is 28.4 Å². The number of nitrogens with zero attached hydrogens (tertiary/aromatic N) is 3. The molecule has 7 heteroatoms. The van der Waals surface area contributed by atoms with Gasteiger partial charge in [0.1, 0.15) is 5.82 Å². The summed E-state index contributed by atoms with van der Waals surface area (Å²) in [6.45, 7) is 5.20. The van der Waals surface area contributed by atoms with Gasteiger partial charge in [-0.05, 0) is 31.7 Å². The predicted molar refractivity (Wildman–Crippen MR) is 85.1 cm³/mol. The second-order valence-corrected chi connectivity index (χ2v) is 6.07. The van der Waals surface area contributed by atoms with E-state index in [0.717, 1.165) is 0 Å². The van der Waals surface area contributed by atoms with Crippen molar-refractivity contribution in [3.8, 4) is 6.07 Å². The van der Waals surface area contributed by atoms with Gasteiger partial charge in [-0.15, -0.1) is 0 Å². The first-order chi connectivity index (χ1) is 10.5. The van der Waals surface area contributed by atoms with Crippen LogP contribution in [0.25, 0.3) is 10.2 Å². The Balaban J connectivity index is 1.99. The minimum atomic E-state index is -0.323. The summed E-state index contributed by atoms with van der Waals surface area (Å²) in [5.74, 6) is -0.638. The van der Waals surface area contributed by atoms with Crippen LogP contribution in [0.2, 0.25) is 0 Å². The Labute approximate surface area is 132 Å². The molecule has 0 unspecified atom stereocenters. The average Bonchev–Trinajstić information content (AvgIpc) is 2.87. The van der Waals surface area contributed by atoms with E-state index in [-0.39, 0.29) is 24.2 Å². The number of rotatable bonds is 6. The Bertz CT molecular complexity index is 709. The SMILES string of the molecule is CCN(CC(=O)Nc1nc2ccc(F)cc2s1)C[C@@H](C)C#N. The molecule has 22 heavy (non-hydrogen) atoms. The zero-order chi connectivity index (χ0) is 16.1. The number of nitriles is 1. The van der Waals surface area contributed by atoms with Crippen molar-refractivity contribution in [2.75, 3.05) is 25.0 Å². The van der Waals surface area contributed by atoms with Gasteiger partial charge in [0.25, 0.3) is 0 Å². The summed E-state index contributed by atoms with van der Waals surface area (Å²) < 4.78 is 13.8. The molecular formula is C15H17FN4OS. The van der Waals surface area contributed by atoms with Gasteiger partial charge in [-0.25, -0.2) is 9.37 Å². The lowest BCUT2D eigenvalue weighted by Crippen LogP contribution is -2.35. The van der Waals surface area contributed by atoms with Crippen LogP contribution in [0.5, 0.6) is 0 Å². The summed E-state index contributed by atoms with van der Waals surface area (Å²) in [7, 11) is 0. The molecule has 1 amide bonds. The van der Waals surface area contributed by atoms with Gasteiger partial charge in [0.15, 0.2) is 5.13 Å². The van der Waals surface area contributed by atoms with Crippen molar-refractivity contribution in [2.24, 2.45) is 5.92 Å². The largest absolute Gasteiger partial charge is 0.301 e. The van der Waals surface area contributed by atoms with E-state index in [1.54, 1.807) is 6.07 Å². The molecule has 0 saturated heterocycles. The number of nitrogens with one attached hydrogen (secondary N) is 1. The molecule has 0 radical (unpaired) electrons. The van der Waals surface area contributed by atoms with Gasteiger partial charge in [0, 0.05) is 6.54 Å². The van der Waals surface area contributed by atoms with Crippen LogP contribution < -0.4 is 5.32 Å². The number of likely N-dealkylation sites (N-methyl/N-ethyl adjacent to an activating group) is 1. The Hall–Kier alpha value is -2.04. The standard InChI is InChI=1S/C15H17FN4OS/c1-3-20(8-10(2)7-17)9-14(21)19-15-18-12-5-4-11(16)6-13(12)22-15/h4-6,10H,3,8-9H2,1-2H3,(H,18,19,21)/t10-/m0/s1. The van der Waals surface area contributed by atoms with Crippen LogP contribution in [0.15, 0.2) is 18.2 Å². The van der Waals surface area contributed by atoms with Gasteiger partial charge in [-0.3, -0.25) is 9.69 Å². The molecule has 5 nitrogen and oxygen atoms in total. The molecule has 116 valence electrons. The first-order valence-corrected chi connectivity index (χ1v) is 7.81. The molecule has 0 bridgehead atoms. The fraction of sp³-hybridized carbons (Fsp3) is 0.400. The smallest absolute Gasteiger partial charge is 0.240 e. The van der Waals surface area contributed by atoms with Crippen LogP contribution in [0, 0.1) is 23.1 Å². The lowest BCUT2D eigenvalue weighted by molar-refractivity contribution is -0.117. The molecule has 0 saturated carbocycles. The van der Waals surface area contributed by atoms with Crippen LogP contribution in [0.1, 0.15) is 13.8 Å². The van der Waals surface area contributed by atoms with Crippen molar-refractivity contribution < 1.29 is 9.18 Å². The summed E-state index contributed by atoms with van der Waals surface area (Å²) >= 11 is 1.24. The number of fused-ring (bicyclic) bond motifs is 1. The van der Waals surface area contributed by atoms with Gasteiger partial charge >= 0.3 is 0 Å². The van der Waals surface area contributed by atoms with Crippen LogP contribution in [0.3, 0.4) is 0 Å². The minimum Gasteiger partial charge on any atom is -0.301 e. The lowest BCUT2D eigenvalue weighted by atomic mass is 10.2. The van der Waals surface area contributed by atoms with E-state index in [9.17, 15) is 9.18 Å². The minimum absolute atomic E-state index is 0.127. The van der Waals surface area contributed by atoms with Gasteiger partial charge in [0.2, 0.25) is 5.91 Å². The summed E-state index contributed by atoms with van der Waals surface area (Å²) in [4.78, 5) is 18.2. The second kappa shape index (κ2) is 7.29. The number of hydrogen-bond donors (Lipinski definition) is 1. The molecule has 0 aliphatic rings. The van der Waals surface area contributed by atoms with E-state index in [1.165, 1.54) is 23.5 Å². The number of aromatic nitrogens is 1. The topological polar surface area (TPSA) is 69.0 Å². The highest BCUT2D eigenvalue weighted by molar-refractivity contribution is 7.22. The first-order valence-electron chi connectivity index (χ1n) is 6.99. The fourth-order valence-electron chi connectivity index (χ4n) is 2.05. The quantitative estimate of drug-likeness (QED) is 0.888. The predicted octanol–water partition coefficient (Wildman–Crippen LogP) is 2.86. The molecule has 1 aromatic heterocycles. The number of hydrogen-bond acceptors (Lipinski definition) is 5. The average molecular weight is 320 g/mol. The molecule has 0 aliphatic heterocycles. The van der Waals surface area contributed by atoms with Crippen LogP contribution in [-0.4, -0.2) is 35.4 Å². The number of thiazole rings is 1.